The highest BCUT2D eigenvalue weighted by Crippen LogP contribution is 2.29. The molecule has 3 aromatic carbocycles. The molecule has 0 N–H and O–H groups in total. The van der Waals surface area contributed by atoms with Gasteiger partial charge < -0.3 is 0 Å². The number of para-hydroxylation sites is 1. The largest absolute Gasteiger partial charge is 0.293 e. The summed E-state index contributed by atoms with van der Waals surface area (Å²) < 4.78 is 13.2. The number of nitrogens with zero attached hydrogens (tertiary/aromatic N) is 2. The zero-order chi connectivity index (χ0) is 20.9. The number of carbonyl (C=O) groups excluding carboxylic acids is 2. The summed E-state index contributed by atoms with van der Waals surface area (Å²) in [6.07, 6.45) is 1.62. The Kier molecular flexibility index (Phi) is 5.86. The molecule has 6 heteroatoms. The van der Waals surface area contributed by atoms with Crippen LogP contribution in [0.15, 0.2) is 95.6 Å². The number of thioether (sulfide) groups is 1. The number of halogens is 1. The van der Waals surface area contributed by atoms with Crippen LogP contribution in [0, 0.1) is 5.82 Å². The van der Waals surface area contributed by atoms with Crippen LogP contribution in [0.2, 0.25) is 0 Å². The first-order valence-electron chi connectivity index (χ1n) is 9.28. The normalized spacial score (nSPS) is 14.8. The average molecular weight is 416 g/mol. The molecule has 4 rings (SSSR count). The van der Waals surface area contributed by atoms with E-state index in [4.69, 9.17) is 0 Å². The Labute approximate surface area is 177 Å². The topological polar surface area (TPSA) is 49.7 Å². The Bertz CT molecular complexity index is 1130. The summed E-state index contributed by atoms with van der Waals surface area (Å²) in [6, 6.07) is 24.0. The van der Waals surface area contributed by atoms with E-state index >= 15 is 0 Å². The molecule has 0 atom stereocenters. The van der Waals surface area contributed by atoms with Crippen LogP contribution in [-0.2, 0) is 4.79 Å². The second-order valence-electron chi connectivity index (χ2n) is 6.53. The zero-order valence-electron chi connectivity index (χ0n) is 15.9. The Balaban J connectivity index is 1.62. The van der Waals surface area contributed by atoms with E-state index in [-0.39, 0.29) is 29.0 Å². The predicted octanol–water partition coefficient (Wildman–Crippen LogP) is 5.19. The van der Waals surface area contributed by atoms with Crippen molar-refractivity contribution in [2.24, 2.45) is 4.99 Å². The molecule has 30 heavy (non-hydrogen) atoms. The Morgan fingerprint density at radius 2 is 1.57 bits per heavy atom. The standard InChI is InChI=1S/C24H17FN2O2S/c25-19-13-11-17(12-14-19)15-21-23(29)27(20-9-5-2-6-10-20)24(26-21)30-16-22(28)18-7-3-1-4-8-18/h1-15H,16H2. The third kappa shape index (κ3) is 4.39. The molecule has 0 saturated heterocycles. The van der Waals surface area contributed by atoms with E-state index in [0.717, 1.165) is 0 Å². The fraction of sp³-hybridized carbons (Fsp3) is 0.0417. The summed E-state index contributed by atoms with van der Waals surface area (Å²) in [7, 11) is 0. The Hall–Kier alpha value is -3.51. The second-order valence-corrected chi connectivity index (χ2v) is 7.47. The molecular weight excluding hydrogens is 399 g/mol. The van der Waals surface area contributed by atoms with E-state index in [1.165, 1.54) is 28.8 Å². The number of aliphatic imine (C=N–C) groups is 1. The van der Waals surface area contributed by atoms with Crippen LogP contribution >= 0.6 is 11.8 Å². The molecule has 1 amide bonds. The molecule has 0 fully saturated rings. The molecule has 0 unspecified atom stereocenters. The molecule has 4 nitrogen and oxygen atoms in total. The van der Waals surface area contributed by atoms with Gasteiger partial charge in [-0.1, -0.05) is 72.4 Å². The number of anilines is 1. The van der Waals surface area contributed by atoms with Gasteiger partial charge in [-0.3, -0.25) is 14.5 Å². The number of rotatable bonds is 5. The fourth-order valence-electron chi connectivity index (χ4n) is 2.95. The number of carbonyl (C=O) groups is 2. The van der Waals surface area contributed by atoms with Gasteiger partial charge in [0.2, 0.25) is 0 Å². The molecule has 1 aliphatic rings. The molecule has 1 heterocycles. The van der Waals surface area contributed by atoms with Crippen molar-refractivity contribution >= 4 is 40.4 Å². The molecule has 1 aliphatic heterocycles. The second kappa shape index (κ2) is 8.88. The Morgan fingerprint density at radius 3 is 2.23 bits per heavy atom. The van der Waals surface area contributed by atoms with Crippen molar-refractivity contribution < 1.29 is 14.0 Å². The maximum atomic E-state index is 13.2. The highest BCUT2D eigenvalue weighted by Gasteiger charge is 2.32. The van der Waals surface area contributed by atoms with Crippen molar-refractivity contribution in [1.29, 1.82) is 0 Å². The lowest BCUT2D eigenvalue weighted by molar-refractivity contribution is -0.113. The lowest BCUT2D eigenvalue weighted by Gasteiger charge is -2.17. The van der Waals surface area contributed by atoms with Gasteiger partial charge >= 0.3 is 0 Å². The number of benzene rings is 3. The van der Waals surface area contributed by atoms with Crippen LogP contribution < -0.4 is 4.90 Å². The average Bonchev–Trinajstić information content (AvgIpc) is 3.09. The van der Waals surface area contributed by atoms with Crippen LogP contribution in [-0.4, -0.2) is 22.6 Å². The summed E-state index contributed by atoms with van der Waals surface area (Å²) in [4.78, 5) is 31.6. The maximum Gasteiger partial charge on any atom is 0.283 e. The van der Waals surface area contributed by atoms with Crippen LogP contribution in [0.25, 0.3) is 6.08 Å². The van der Waals surface area contributed by atoms with Crippen molar-refractivity contribution in [2.75, 3.05) is 10.7 Å². The highest BCUT2D eigenvalue weighted by atomic mass is 32.2. The number of hydrogen-bond acceptors (Lipinski definition) is 4. The minimum atomic E-state index is -0.347. The quantitative estimate of drug-likeness (QED) is 0.425. The minimum Gasteiger partial charge on any atom is -0.293 e. The van der Waals surface area contributed by atoms with Crippen LogP contribution in [0.5, 0.6) is 0 Å². The van der Waals surface area contributed by atoms with Crippen molar-refractivity contribution in [3.8, 4) is 0 Å². The molecule has 148 valence electrons. The van der Waals surface area contributed by atoms with E-state index in [0.29, 0.717) is 22.0 Å². The molecular formula is C24H17FN2O2S. The lowest BCUT2D eigenvalue weighted by Crippen LogP contribution is -2.30. The van der Waals surface area contributed by atoms with Gasteiger partial charge in [-0.05, 0) is 35.9 Å². The van der Waals surface area contributed by atoms with E-state index in [1.807, 2.05) is 48.5 Å². The van der Waals surface area contributed by atoms with Crippen LogP contribution in [0.3, 0.4) is 0 Å². The monoisotopic (exact) mass is 416 g/mol. The van der Waals surface area contributed by atoms with E-state index in [2.05, 4.69) is 4.99 Å². The summed E-state index contributed by atoms with van der Waals surface area (Å²) in [5, 5.41) is 0.434. The number of Topliss-reactive ketones (excluding diaryl/α,β-unsaturated/α-hetero) is 1. The minimum absolute atomic E-state index is 0.0419. The van der Waals surface area contributed by atoms with Crippen molar-refractivity contribution in [3.05, 3.63) is 108 Å². The summed E-state index contributed by atoms with van der Waals surface area (Å²) in [6.45, 7) is 0. The summed E-state index contributed by atoms with van der Waals surface area (Å²) >= 11 is 1.22. The SMILES string of the molecule is O=C(CSC1=NC(=Cc2ccc(F)cc2)C(=O)N1c1ccccc1)c1ccccc1. The lowest BCUT2D eigenvalue weighted by atomic mass is 10.2. The molecule has 0 aliphatic carbocycles. The van der Waals surface area contributed by atoms with Crippen LogP contribution in [0.4, 0.5) is 10.1 Å². The van der Waals surface area contributed by atoms with Gasteiger partial charge in [0.15, 0.2) is 11.0 Å². The highest BCUT2D eigenvalue weighted by molar-refractivity contribution is 8.14. The zero-order valence-corrected chi connectivity index (χ0v) is 16.7. The first kappa shape index (κ1) is 19.8. The van der Waals surface area contributed by atoms with Gasteiger partial charge in [0, 0.05) is 5.56 Å². The molecule has 0 radical (unpaired) electrons. The third-order valence-electron chi connectivity index (χ3n) is 4.45. The summed E-state index contributed by atoms with van der Waals surface area (Å²) in [5.74, 6) is -0.525. The number of hydrogen-bond donors (Lipinski definition) is 0. The fourth-order valence-corrected chi connectivity index (χ4v) is 3.86. The molecule has 0 bridgehead atoms. The van der Waals surface area contributed by atoms with Gasteiger partial charge in [-0.15, -0.1) is 0 Å². The van der Waals surface area contributed by atoms with Gasteiger partial charge in [-0.25, -0.2) is 9.38 Å². The smallest absolute Gasteiger partial charge is 0.283 e. The van der Waals surface area contributed by atoms with Crippen molar-refractivity contribution in [3.63, 3.8) is 0 Å². The molecule has 0 aromatic heterocycles. The van der Waals surface area contributed by atoms with E-state index in [1.54, 1.807) is 30.3 Å². The van der Waals surface area contributed by atoms with Gasteiger partial charge in [0.1, 0.15) is 11.5 Å². The maximum absolute atomic E-state index is 13.2. The number of amidine groups is 1. The van der Waals surface area contributed by atoms with E-state index in [9.17, 15) is 14.0 Å². The van der Waals surface area contributed by atoms with E-state index < -0.39 is 0 Å². The predicted molar refractivity (Wildman–Crippen MR) is 119 cm³/mol. The van der Waals surface area contributed by atoms with Gasteiger partial charge in [-0.2, -0.15) is 0 Å². The van der Waals surface area contributed by atoms with Crippen molar-refractivity contribution in [2.45, 2.75) is 0 Å². The molecule has 0 saturated carbocycles. The molecule has 0 spiro atoms. The Morgan fingerprint density at radius 1 is 0.933 bits per heavy atom. The number of amides is 1. The van der Waals surface area contributed by atoms with Gasteiger partial charge in [0.05, 0.1) is 11.4 Å². The third-order valence-corrected chi connectivity index (χ3v) is 5.38. The summed E-state index contributed by atoms with van der Waals surface area (Å²) in [5.41, 5.74) is 2.19. The first-order chi connectivity index (χ1) is 14.6. The molecule has 3 aromatic rings. The number of ketones is 1. The van der Waals surface area contributed by atoms with Crippen molar-refractivity contribution in [1.82, 2.24) is 0 Å². The first-order valence-corrected chi connectivity index (χ1v) is 10.3. The van der Waals surface area contributed by atoms with Crippen LogP contribution in [0.1, 0.15) is 15.9 Å². The van der Waals surface area contributed by atoms with Gasteiger partial charge in [0.25, 0.3) is 5.91 Å².